The summed E-state index contributed by atoms with van der Waals surface area (Å²) in [4.78, 5) is 34.5. The SMILES string of the molecule is Cc1cccc2ncc(-c3cn4nc(C(=O)N[C@H]5CCCc6ccccc65)c(C(C)C)c4c(=O)[nH]3)cc12. The Bertz CT molecular complexity index is 1730. The topological polar surface area (TPSA) is 92.2 Å². The minimum Gasteiger partial charge on any atom is -0.344 e. The number of aryl methyl sites for hydroxylation is 2. The van der Waals surface area contributed by atoms with Gasteiger partial charge in [-0.1, -0.05) is 50.2 Å². The van der Waals surface area contributed by atoms with Crippen LogP contribution in [-0.4, -0.2) is 25.5 Å². The number of hydrogen-bond donors (Lipinski definition) is 2. The van der Waals surface area contributed by atoms with Gasteiger partial charge in [0.2, 0.25) is 0 Å². The Labute approximate surface area is 214 Å². The molecular formula is C30H29N5O2. The highest BCUT2D eigenvalue weighted by atomic mass is 16.2. The van der Waals surface area contributed by atoms with Crippen molar-refractivity contribution in [1.82, 2.24) is 24.9 Å². The number of H-pyrrole nitrogens is 1. The van der Waals surface area contributed by atoms with Gasteiger partial charge in [0.15, 0.2) is 5.69 Å². The molecule has 37 heavy (non-hydrogen) atoms. The highest BCUT2D eigenvalue weighted by Gasteiger charge is 2.28. The predicted molar refractivity (Wildman–Crippen MR) is 145 cm³/mol. The second-order valence-corrected chi connectivity index (χ2v) is 10.2. The van der Waals surface area contributed by atoms with Gasteiger partial charge in [-0.2, -0.15) is 5.10 Å². The molecule has 3 heterocycles. The van der Waals surface area contributed by atoms with Crippen LogP contribution in [0, 0.1) is 6.92 Å². The van der Waals surface area contributed by atoms with Gasteiger partial charge in [0.1, 0.15) is 5.52 Å². The number of aromatic nitrogens is 4. The molecular weight excluding hydrogens is 462 g/mol. The Kier molecular flexibility index (Phi) is 5.63. The van der Waals surface area contributed by atoms with Crippen LogP contribution in [0.15, 0.2) is 65.7 Å². The third-order valence-corrected chi connectivity index (χ3v) is 7.38. The van der Waals surface area contributed by atoms with Crippen molar-refractivity contribution in [3.05, 3.63) is 99.2 Å². The average Bonchev–Trinajstić information content (AvgIpc) is 3.30. The number of amides is 1. The second kappa shape index (κ2) is 9.00. The number of fused-ring (bicyclic) bond motifs is 3. The van der Waals surface area contributed by atoms with E-state index in [0.717, 1.165) is 46.9 Å². The first kappa shape index (κ1) is 23.2. The second-order valence-electron chi connectivity index (χ2n) is 10.2. The molecule has 186 valence electrons. The summed E-state index contributed by atoms with van der Waals surface area (Å²) >= 11 is 0. The molecule has 1 atom stereocenters. The minimum atomic E-state index is -0.277. The number of nitrogens with one attached hydrogen (secondary N) is 2. The van der Waals surface area contributed by atoms with E-state index in [-0.39, 0.29) is 23.4 Å². The quantitative estimate of drug-likeness (QED) is 0.348. The van der Waals surface area contributed by atoms with Gasteiger partial charge >= 0.3 is 0 Å². The maximum absolute atomic E-state index is 13.6. The molecule has 0 saturated heterocycles. The molecule has 0 bridgehead atoms. The molecule has 2 aromatic carbocycles. The van der Waals surface area contributed by atoms with Gasteiger partial charge in [-0.25, -0.2) is 4.52 Å². The molecule has 0 spiro atoms. The van der Waals surface area contributed by atoms with E-state index >= 15 is 0 Å². The predicted octanol–water partition coefficient (Wildman–Crippen LogP) is 5.48. The van der Waals surface area contributed by atoms with Crippen LogP contribution in [0.5, 0.6) is 0 Å². The third kappa shape index (κ3) is 4.00. The molecule has 0 unspecified atom stereocenters. The Morgan fingerprint density at radius 1 is 1.16 bits per heavy atom. The minimum absolute atomic E-state index is 0.0613. The zero-order chi connectivity index (χ0) is 25.7. The highest BCUT2D eigenvalue weighted by Crippen LogP contribution is 2.31. The zero-order valence-corrected chi connectivity index (χ0v) is 21.2. The smallest absolute Gasteiger partial charge is 0.274 e. The van der Waals surface area contributed by atoms with Crippen molar-refractivity contribution in [1.29, 1.82) is 0 Å². The average molecular weight is 492 g/mol. The summed E-state index contributed by atoms with van der Waals surface area (Å²) < 4.78 is 1.55. The number of hydrogen-bond acceptors (Lipinski definition) is 4. The van der Waals surface area contributed by atoms with E-state index in [4.69, 9.17) is 0 Å². The Morgan fingerprint density at radius 3 is 2.84 bits per heavy atom. The normalized spacial score (nSPS) is 15.3. The summed E-state index contributed by atoms with van der Waals surface area (Å²) in [6, 6.07) is 16.2. The van der Waals surface area contributed by atoms with Gasteiger partial charge in [0, 0.05) is 22.7 Å². The van der Waals surface area contributed by atoms with Gasteiger partial charge < -0.3 is 10.3 Å². The number of nitrogens with zero attached hydrogens (tertiary/aromatic N) is 3. The van der Waals surface area contributed by atoms with E-state index in [9.17, 15) is 9.59 Å². The Balaban J connectivity index is 1.42. The van der Waals surface area contributed by atoms with Crippen LogP contribution in [0.25, 0.3) is 27.7 Å². The molecule has 1 aliphatic carbocycles. The maximum Gasteiger partial charge on any atom is 0.274 e. The van der Waals surface area contributed by atoms with Gasteiger partial charge in [-0.3, -0.25) is 14.6 Å². The molecule has 0 saturated carbocycles. The molecule has 7 nitrogen and oxygen atoms in total. The van der Waals surface area contributed by atoms with Gasteiger partial charge in [0.05, 0.1) is 23.4 Å². The first-order chi connectivity index (χ1) is 17.9. The fourth-order valence-electron chi connectivity index (χ4n) is 5.54. The number of carbonyl (C=O) groups is 1. The van der Waals surface area contributed by atoms with Crippen molar-refractivity contribution in [3.8, 4) is 11.3 Å². The molecule has 2 N–H and O–H groups in total. The van der Waals surface area contributed by atoms with Crippen LogP contribution < -0.4 is 10.9 Å². The Morgan fingerprint density at radius 2 is 2.00 bits per heavy atom. The lowest BCUT2D eigenvalue weighted by Gasteiger charge is -2.26. The summed E-state index contributed by atoms with van der Waals surface area (Å²) in [5.74, 6) is -0.313. The fourth-order valence-corrected chi connectivity index (χ4v) is 5.54. The number of carbonyl (C=O) groups excluding carboxylic acids is 1. The van der Waals surface area contributed by atoms with Gasteiger partial charge in [0.25, 0.3) is 11.5 Å². The standard InChI is InChI=1S/C30H29N5O2/c1-17(2)26-27(29(36)32-24-13-7-10-19-9-4-5-11-21(19)24)34-35-16-25(33-30(37)28(26)35)20-14-22-18(3)8-6-12-23(22)31-15-20/h4-6,8-9,11-12,14-17,24H,7,10,13H2,1-3H3,(H,32,36)(H,33,37)/t24-/m0/s1. The van der Waals surface area contributed by atoms with E-state index in [1.165, 1.54) is 5.56 Å². The maximum atomic E-state index is 13.6. The summed E-state index contributed by atoms with van der Waals surface area (Å²) in [7, 11) is 0. The van der Waals surface area contributed by atoms with Crippen LogP contribution in [0.2, 0.25) is 0 Å². The van der Waals surface area contributed by atoms with Crippen molar-refractivity contribution in [2.45, 2.75) is 52.0 Å². The van der Waals surface area contributed by atoms with Crippen molar-refractivity contribution in [2.75, 3.05) is 0 Å². The molecule has 0 radical (unpaired) electrons. The van der Waals surface area contributed by atoms with Crippen LogP contribution >= 0.6 is 0 Å². The molecule has 1 amide bonds. The lowest BCUT2D eigenvalue weighted by molar-refractivity contribution is 0.0926. The van der Waals surface area contributed by atoms with Gasteiger partial charge in [-0.05, 0) is 60.9 Å². The summed E-state index contributed by atoms with van der Waals surface area (Å²) in [5.41, 5.74) is 6.91. The van der Waals surface area contributed by atoms with Crippen LogP contribution in [0.1, 0.15) is 71.4 Å². The van der Waals surface area contributed by atoms with E-state index in [0.29, 0.717) is 22.5 Å². The lowest BCUT2D eigenvalue weighted by atomic mass is 9.87. The van der Waals surface area contributed by atoms with Crippen LogP contribution in [0.4, 0.5) is 0 Å². The largest absolute Gasteiger partial charge is 0.344 e. The van der Waals surface area contributed by atoms with Crippen molar-refractivity contribution < 1.29 is 4.79 Å². The lowest BCUT2D eigenvalue weighted by Crippen LogP contribution is -2.32. The number of benzene rings is 2. The summed E-state index contributed by atoms with van der Waals surface area (Å²) in [5, 5.41) is 8.87. The van der Waals surface area contributed by atoms with E-state index in [1.807, 2.05) is 57.2 Å². The van der Waals surface area contributed by atoms with Crippen molar-refractivity contribution in [3.63, 3.8) is 0 Å². The molecule has 6 rings (SSSR count). The zero-order valence-electron chi connectivity index (χ0n) is 21.2. The van der Waals surface area contributed by atoms with Crippen LogP contribution in [-0.2, 0) is 6.42 Å². The van der Waals surface area contributed by atoms with E-state index in [2.05, 4.69) is 32.5 Å². The van der Waals surface area contributed by atoms with E-state index < -0.39 is 0 Å². The Hall–Kier alpha value is -4.26. The molecule has 0 fully saturated rings. The molecule has 5 aromatic rings. The summed E-state index contributed by atoms with van der Waals surface area (Å²) in [6.45, 7) is 6.00. The number of pyridine rings is 1. The molecule has 0 aliphatic heterocycles. The van der Waals surface area contributed by atoms with Crippen LogP contribution in [0.3, 0.4) is 0 Å². The first-order valence-electron chi connectivity index (χ1n) is 12.8. The third-order valence-electron chi connectivity index (χ3n) is 7.38. The molecule has 7 heteroatoms. The first-order valence-corrected chi connectivity index (χ1v) is 12.8. The number of rotatable bonds is 4. The molecule has 1 aliphatic rings. The molecule has 3 aromatic heterocycles. The van der Waals surface area contributed by atoms with Crippen molar-refractivity contribution in [2.24, 2.45) is 0 Å². The monoisotopic (exact) mass is 491 g/mol. The van der Waals surface area contributed by atoms with Crippen molar-refractivity contribution >= 4 is 22.3 Å². The fraction of sp³-hybridized carbons (Fsp3) is 0.267. The van der Waals surface area contributed by atoms with E-state index in [1.54, 1.807) is 16.9 Å². The number of aromatic amines is 1. The summed E-state index contributed by atoms with van der Waals surface area (Å²) in [6.07, 6.45) is 6.45. The highest BCUT2D eigenvalue weighted by molar-refractivity contribution is 5.96. The van der Waals surface area contributed by atoms with Gasteiger partial charge in [-0.15, -0.1) is 0 Å².